The molecule has 3 aromatic rings. The van der Waals surface area contributed by atoms with Crippen molar-refractivity contribution in [2.75, 3.05) is 26.1 Å². The third-order valence-corrected chi connectivity index (χ3v) is 6.79. The van der Waals surface area contributed by atoms with Crippen LogP contribution in [0.1, 0.15) is 27.0 Å². The van der Waals surface area contributed by atoms with Gasteiger partial charge in [0.05, 0.1) is 26.2 Å². The quantitative estimate of drug-likeness (QED) is 0.475. The van der Waals surface area contributed by atoms with E-state index in [4.69, 9.17) is 14.2 Å². The summed E-state index contributed by atoms with van der Waals surface area (Å²) in [7, 11) is 0.856. The van der Waals surface area contributed by atoms with Gasteiger partial charge in [-0.15, -0.1) is 0 Å². The maximum Gasteiger partial charge on any atom is 0.261 e. The van der Waals surface area contributed by atoms with Crippen molar-refractivity contribution in [3.8, 4) is 17.2 Å². The Morgan fingerprint density at radius 2 is 1.41 bits per heavy atom. The number of carbonyl (C=O) groups excluding carboxylic acids is 1. The number of benzene rings is 3. The Bertz CT molecular complexity index is 1290. The number of ether oxygens (including phenoxy) is 3. The molecule has 0 aliphatic heterocycles. The minimum Gasteiger partial charge on any atom is -0.496 e. The third kappa shape index (κ3) is 5.60. The molecule has 0 spiro atoms. The Balaban J connectivity index is 1.69. The highest BCUT2D eigenvalue weighted by Gasteiger charge is 2.16. The summed E-state index contributed by atoms with van der Waals surface area (Å²) in [6.45, 7) is 3.98. The van der Waals surface area contributed by atoms with E-state index in [2.05, 4.69) is 10.0 Å². The fourth-order valence-corrected chi connectivity index (χ4v) is 4.44. The van der Waals surface area contributed by atoms with Gasteiger partial charge in [-0.05, 0) is 67.4 Å². The van der Waals surface area contributed by atoms with E-state index in [1.54, 1.807) is 54.6 Å². The van der Waals surface area contributed by atoms with Gasteiger partial charge in [0.1, 0.15) is 5.75 Å². The summed E-state index contributed by atoms with van der Waals surface area (Å²) in [5.74, 6) is 1.27. The number of hydrogen-bond donors (Lipinski definition) is 2. The number of hydrogen-bond acceptors (Lipinski definition) is 6. The first-order valence-corrected chi connectivity index (χ1v) is 11.9. The van der Waals surface area contributed by atoms with Crippen molar-refractivity contribution < 1.29 is 27.4 Å². The number of rotatable bonds is 9. The van der Waals surface area contributed by atoms with Crippen molar-refractivity contribution in [3.63, 3.8) is 0 Å². The summed E-state index contributed by atoms with van der Waals surface area (Å²) in [4.78, 5) is 12.8. The van der Waals surface area contributed by atoms with Crippen molar-refractivity contribution in [3.05, 3.63) is 76.9 Å². The Morgan fingerprint density at radius 1 is 0.794 bits per heavy atom. The molecule has 0 unspecified atom stereocenters. The van der Waals surface area contributed by atoms with Crippen LogP contribution in [0.5, 0.6) is 17.2 Å². The Kier molecular flexibility index (Phi) is 7.68. The van der Waals surface area contributed by atoms with E-state index in [1.165, 1.54) is 21.3 Å². The van der Waals surface area contributed by atoms with Gasteiger partial charge in [-0.2, -0.15) is 0 Å². The minimum absolute atomic E-state index is 0.182. The number of anilines is 1. The van der Waals surface area contributed by atoms with Crippen molar-refractivity contribution in [1.82, 2.24) is 5.32 Å². The SMILES string of the molecule is COc1cc(OC)c(OC)cc1CNC(=O)c1ccc(NS(=O)(=O)c2ccc(C)c(C)c2)cc1. The molecule has 3 rings (SSSR count). The topological polar surface area (TPSA) is 103 Å². The lowest BCUT2D eigenvalue weighted by Gasteiger charge is -2.15. The Hall–Kier alpha value is -3.72. The smallest absolute Gasteiger partial charge is 0.261 e. The van der Waals surface area contributed by atoms with Crippen molar-refractivity contribution in [2.24, 2.45) is 0 Å². The average Bonchev–Trinajstić information content (AvgIpc) is 2.83. The molecule has 8 nitrogen and oxygen atoms in total. The Labute approximate surface area is 199 Å². The van der Waals surface area contributed by atoms with E-state index >= 15 is 0 Å². The van der Waals surface area contributed by atoms with Gasteiger partial charge in [-0.1, -0.05) is 6.07 Å². The molecule has 0 saturated carbocycles. The van der Waals surface area contributed by atoms with Crippen LogP contribution in [-0.4, -0.2) is 35.7 Å². The van der Waals surface area contributed by atoms with Crippen molar-refractivity contribution >= 4 is 21.6 Å². The standard InChI is InChI=1S/C25H28N2O6S/c1-16-6-11-21(12-17(16)2)34(29,30)27-20-9-7-18(8-10-20)25(28)26-15-19-13-23(32-4)24(33-5)14-22(19)31-3/h6-14,27H,15H2,1-5H3,(H,26,28). The summed E-state index contributed by atoms with van der Waals surface area (Å²) in [5.41, 5.74) is 3.36. The van der Waals surface area contributed by atoms with E-state index in [0.717, 1.165) is 11.1 Å². The summed E-state index contributed by atoms with van der Waals surface area (Å²) in [6.07, 6.45) is 0. The number of carbonyl (C=O) groups is 1. The van der Waals surface area contributed by atoms with Crippen LogP contribution in [0.15, 0.2) is 59.5 Å². The van der Waals surface area contributed by atoms with Crippen LogP contribution >= 0.6 is 0 Å². The molecular weight excluding hydrogens is 456 g/mol. The molecule has 0 aliphatic carbocycles. The maximum absolute atomic E-state index is 12.7. The lowest BCUT2D eigenvalue weighted by Crippen LogP contribution is -2.23. The predicted molar refractivity (Wildman–Crippen MR) is 130 cm³/mol. The molecule has 0 fully saturated rings. The van der Waals surface area contributed by atoms with Gasteiger partial charge in [0.2, 0.25) is 0 Å². The molecule has 34 heavy (non-hydrogen) atoms. The summed E-state index contributed by atoms with van der Waals surface area (Å²) < 4.78 is 43.9. The molecule has 0 radical (unpaired) electrons. The number of methoxy groups -OCH3 is 3. The minimum atomic E-state index is -3.74. The molecule has 9 heteroatoms. The maximum atomic E-state index is 12.7. The van der Waals surface area contributed by atoms with Gasteiger partial charge in [-0.25, -0.2) is 8.42 Å². The zero-order valence-corrected chi connectivity index (χ0v) is 20.6. The predicted octanol–water partition coefficient (Wildman–Crippen LogP) is 4.06. The summed E-state index contributed by atoms with van der Waals surface area (Å²) in [5, 5.41) is 2.83. The second-order valence-corrected chi connectivity index (χ2v) is 9.31. The van der Waals surface area contributed by atoms with Crippen LogP contribution in [0, 0.1) is 13.8 Å². The number of aryl methyl sites for hydroxylation is 2. The van der Waals surface area contributed by atoms with E-state index in [9.17, 15) is 13.2 Å². The van der Waals surface area contributed by atoms with Gasteiger partial charge in [0.25, 0.3) is 15.9 Å². The summed E-state index contributed by atoms with van der Waals surface area (Å²) in [6, 6.07) is 14.6. The average molecular weight is 485 g/mol. The number of sulfonamides is 1. The molecule has 180 valence electrons. The van der Waals surface area contributed by atoms with Gasteiger partial charge in [-0.3, -0.25) is 9.52 Å². The first kappa shape index (κ1) is 24.9. The fourth-order valence-electron chi connectivity index (χ4n) is 3.29. The largest absolute Gasteiger partial charge is 0.496 e. The van der Waals surface area contributed by atoms with E-state index in [1.807, 2.05) is 13.8 Å². The van der Waals surface area contributed by atoms with Crippen molar-refractivity contribution in [1.29, 1.82) is 0 Å². The second kappa shape index (κ2) is 10.5. The van der Waals surface area contributed by atoms with Crippen molar-refractivity contribution in [2.45, 2.75) is 25.3 Å². The van der Waals surface area contributed by atoms with Crippen LogP contribution in [0.2, 0.25) is 0 Å². The molecule has 1 amide bonds. The summed E-state index contributed by atoms with van der Waals surface area (Å²) >= 11 is 0. The number of amides is 1. The highest BCUT2D eigenvalue weighted by molar-refractivity contribution is 7.92. The van der Waals surface area contributed by atoms with Crippen LogP contribution in [0.4, 0.5) is 5.69 Å². The lowest BCUT2D eigenvalue weighted by atomic mass is 10.1. The number of nitrogens with one attached hydrogen (secondary N) is 2. The monoisotopic (exact) mass is 484 g/mol. The molecule has 0 aromatic heterocycles. The molecule has 0 atom stereocenters. The van der Waals surface area contributed by atoms with Gasteiger partial charge < -0.3 is 19.5 Å². The van der Waals surface area contributed by atoms with Crippen LogP contribution in [0.25, 0.3) is 0 Å². The van der Waals surface area contributed by atoms with Crippen LogP contribution in [0.3, 0.4) is 0 Å². The van der Waals surface area contributed by atoms with Gasteiger partial charge in [0.15, 0.2) is 11.5 Å². The molecule has 3 aromatic carbocycles. The van der Waals surface area contributed by atoms with E-state index in [-0.39, 0.29) is 17.3 Å². The van der Waals surface area contributed by atoms with E-state index < -0.39 is 10.0 Å². The van der Waals surface area contributed by atoms with Gasteiger partial charge >= 0.3 is 0 Å². The Morgan fingerprint density at radius 3 is 2.00 bits per heavy atom. The highest BCUT2D eigenvalue weighted by atomic mass is 32.2. The zero-order chi connectivity index (χ0) is 24.9. The molecule has 0 saturated heterocycles. The second-order valence-electron chi connectivity index (χ2n) is 7.63. The first-order chi connectivity index (χ1) is 16.2. The molecule has 2 N–H and O–H groups in total. The normalized spacial score (nSPS) is 11.0. The van der Waals surface area contributed by atoms with E-state index in [0.29, 0.717) is 34.1 Å². The fraction of sp³-hybridized carbons (Fsp3) is 0.240. The van der Waals surface area contributed by atoms with Gasteiger partial charge in [0, 0.05) is 29.4 Å². The van der Waals surface area contributed by atoms with Crippen LogP contribution in [-0.2, 0) is 16.6 Å². The molecular formula is C25H28N2O6S. The molecule has 0 bridgehead atoms. The zero-order valence-electron chi connectivity index (χ0n) is 19.8. The first-order valence-electron chi connectivity index (χ1n) is 10.5. The lowest BCUT2D eigenvalue weighted by molar-refractivity contribution is 0.0950. The molecule has 0 heterocycles. The molecule has 0 aliphatic rings. The highest BCUT2D eigenvalue weighted by Crippen LogP contribution is 2.34. The van der Waals surface area contributed by atoms with Crippen LogP contribution < -0.4 is 24.2 Å². The third-order valence-electron chi connectivity index (χ3n) is 5.41.